The summed E-state index contributed by atoms with van der Waals surface area (Å²) in [7, 11) is 0. The van der Waals surface area contributed by atoms with Gasteiger partial charge in [0.2, 0.25) is 0 Å². The molecule has 0 radical (unpaired) electrons. The van der Waals surface area contributed by atoms with E-state index in [9.17, 15) is 14.9 Å². The lowest BCUT2D eigenvalue weighted by Crippen LogP contribution is -2.32. The van der Waals surface area contributed by atoms with Crippen LogP contribution in [0.3, 0.4) is 0 Å². The maximum absolute atomic E-state index is 12.2. The second-order valence-corrected chi connectivity index (χ2v) is 9.14. The zero-order chi connectivity index (χ0) is 24.5. The normalized spacial score (nSPS) is 11.3. The van der Waals surface area contributed by atoms with Crippen LogP contribution in [0.1, 0.15) is 44.4 Å². The number of benzene rings is 2. The summed E-state index contributed by atoms with van der Waals surface area (Å²) in [6, 6.07) is 10.7. The van der Waals surface area contributed by atoms with Crippen molar-refractivity contribution in [2.45, 2.75) is 41.5 Å². The zero-order valence-electron chi connectivity index (χ0n) is 20.4. The molecule has 0 spiro atoms. The van der Waals surface area contributed by atoms with Gasteiger partial charge in [0.25, 0.3) is 11.6 Å². The predicted octanol–water partition coefficient (Wildman–Crippen LogP) is 4.89. The summed E-state index contributed by atoms with van der Waals surface area (Å²) in [5.41, 5.74) is 7.12. The molecule has 0 aliphatic rings. The first kappa shape index (κ1) is 25.8. The fourth-order valence-corrected chi connectivity index (χ4v) is 3.45. The van der Waals surface area contributed by atoms with Crippen molar-refractivity contribution in [2.75, 3.05) is 29.9 Å². The highest BCUT2D eigenvalue weighted by Crippen LogP contribution is 2.26. The second kappa shape index (κ2) is 12.0. The molecule has 33 heavy (non-hydrogen) atoms. The molecule has 8 nitrogen and oxygen atoms in total. The van der Waals surface area contributed by atoms with Gasteiger partial charge < -0.3 is 10.2 Å². The summed E-state index contributed by atoms with van der Waals surface area (Å²) >= 11 is 0. The Bertz CT molecular complexity index is 992. The fourth-order valence-electron chi connectivity index (χ4n) is 3.45. The topological polar surface area (TPSA) is 99.9 Å². The van der Waals surface area contributed by atoms with Crippen molar-refractivity contribution >= 4 is 29.2 Å². The van der Waals surface area contributed by atoms with Crippen LogP contribution in [0, 0.1) is 35.8 Å². The number of carbonyl (C=O) groups excluding carboxylic acids is 1. The Labute approximate surface area is 196 Å². The SMILES string of the molecule is Cc1ccc(NCC(=O)N/N=C/c2cc([N+](=O)[O-])ccc2N(CC(C)C)CC(C)C)cc1C. The van der Waals surface area contributed by atoms with E-state index in [1.165, 1.54) is 23.9 Å². The molecule has 8 heteroatoms. The number of nitrogens with zero attached hydrogens (tertiary/aromatic N) is 3. The van der Waals surface area contributed by atoms with E-state index in [0.717, 1.165) is 30.0 Å². The van der Waals surface area contributed by atoms with Gasteiger partial charge in [0.05, 0.1) is 17.7 Å². The van der Waals surface area contributed by atoms with Crippen LogP contribution in [0.25, 0.3) is 0 Å². The number of hydrogen-bond donors (Lipinski definition) is 2. The van der Waals surface area contributed by atoms with Crippen molar-refractivity contribution in [1.82, 2.24) is 5.43 Å². The van der Waals surface area contributed by atoms with Crippen LogP contribution in [0.15, 0.2) is 41.5 Å². The van der Waals surface area contributed by atoms with Gasteiger partial charge in [0, 0.05) is 42.2 Å². The quantitative estimate of drug-likeness (QED) is 0.287. The van der Waals surface area contributed by atoms with E-state index in [-0.39, 0.29) is 18.1 Å². The third kappa shape index (κ3) is 8.21. The van der Waals surface area contributed by atoms with Crippen LogP contribution in [0.5, 0.6) is 0 Å². The minimum atomic E-state index is -0.428. The van der Waals surface area contributed by atoms with Crippen molar-refractivity contribution in [3.8, 4) is 0 Å². The number of hydrogen-bond acceptors (Lipinski definition) is 6. The lowest BCUT2D eigenvalue weighted by atomic mass is 10.1. The minimum Gasteiger partial charge on any atom is -0.376 e. The Morgan fingerprint density at radius 3 is 2.30 bits per heavy atom. The predicted molar refractivity (Wildman–Crippen MR) is 135 cm³/mol. The summed E-state index contributed by atoms with van der Waals surface area (Å²) in [4.78, 5) is 25.3. The highest BCUT2D eigenvalue weighted by atomic mass is 16.6. The molecule has 2 aromatic carbocycles. The average molecular weight is 454 g/mol. The number of nitro groups is 1. The van der Waals surface area contributed by atoms with Gasteiger partial charge in [-0.05, 0) is 55.0 Å². The number of nitrogens with one attached hydrogen (secondary N) is 2. The smallest absolute Gasteiger partial charge is 0.270 e. The fraction of sp³-hybridized carbons (Fsp3) is 0.440. The third-order valence-electron chi connectivity index (χ3n) is 5.09. The standard InChI is InChI=1S/C25H35N5O3/c1-17(2)15-29(16-18(3)4)24-10-9-23(30(32)33)12-21(24)13-27-28-25(31)14-26-22-8-7-19(5)20(6)11-22/h7-13,17-18,26H,14-16H2,1-6H3,(H,28,31)/b27-13+. The van der Waals surface area contributed by atoms with Crippen LogP contribution in [0.4, 0.5) is 17.1 Å². The summed E-state index contributed by atoms with van der Waals surface area (Å²) in [6.45, 7) is 14.3. The lowest BCUT2D eigenvalue weighted by Gasteiger charge is -2.29. The molecule has 0 aromatic heterocycles. The van der Waals surface area contributed by atoms with Gasteiger partial charge in [-0.15, -0.1) is 0 Å². The van der Waals surface area contributed by atoms with Crippen molar-refractivity contribution in [1.29, 1.82) is 0 Å². The van der Waals surface area contributed by atoms with E-state index < -0.39 is 4.92 Å². The molecule has 2 rings (SSSR count). The molecule has 0 fully saturated rings. The lowest BCUT2D eigenvalue weighted by molar-refractivity contribution is -0.384. The van der Waals surface area contributed by atoms with E-state index >= 15 is 0 Å². The molecule has 2 aromatic rings. The molecule has 0 bridgehead atoms. The summed E-state index contributed by atoms with van der Waals surface area (Å²) in [5, 5.41) is 18.5. The molecule has 178 valence electrons. The Morgan fingerprint density at radius 1 is 1.06 bits per heavy atom. The van der Waals surface area contributed by atoms with E-state index in [0.29, 0.717) is 17.4 Å². The van der Waals surface area contributed by atoms with Gasteiger partial charge in [-0.25, -0.2) is 5.43 Å². The maximum atomic E-state index is 12.2. The highest BCUT2D eigenvalue weighted by Gasteiger charge is 2.17. The van der Waals surface area contributed by atoms with Crippen molar-refractivity contribution in [2.24, 2.45) is 16.9 Å². The molecule has 0 atom stereocenters. The number of carbonyl (C=O) groups is 1. The van der Waals surface area contributed by atoms with Crippen LogP contribution in [-0.4, -0.2) is 36.7 Å². The summed E-state index contributed by atoms with van der Waals surface area (Å²) < 4.78 is 0. The summed E-state index contributed by atoms with van der Waals surface area (Å²) in [6.07, 6.45) is 1.48. The Kier molecular flexibility index (Phi) is 9.39. The van der Waals surface area contributed by atoms with E-state index in [1.807, 2.05) is 32.0 Å². The number of aryl methyl sites for hydroxylation is 2. The highest BCUT2D eigenvalue weighted by molar-refractivity contribution is 5.90. The number of amides is 1. The van der Waals surface area contributed by atoms with Gasteiger partial charge in [-0.3, -0.25) is 14.9 Å². The maximum Gasteiger partial charge on any atom is 0.270 e. The molecule has 2 N–H and O–H groups in total. The molecular weight excluding hydrogens is 418 g/mol. The van der Waals surface area contributed by atoms with Crippen molar-refractivity contribution in [3.63, 3.8) is 0 Å². The molecule has 0 saturated carbocycles. The molecule has 0 aliphatic carbocycles. The number of anilines is 2. The van der Waals surface area contributed by atoms with Gasteiger partial charge in [0.15, 0.2) is 0 Å². The molecule has 1 amide bonds. The Balaban J connectivity index is 2.15. The molecule has 0 saturated heterocycles. The van der Waals surface area contributed by atoms with Crippen molar-refractivity contribution in [3.05, 3.63) is 63.2 Å². The first-order valence-corrected chi connectivity index (χ1v) is 11.2. The average Bonchev–Trinajstić information content (AvgIpc) is 2.73. The minimum absolute atomic E-state index is 0.0167. The van der Waals surface area contributed by atoms with Crippen LogP contribution >= 0.6 is 0 Å². The number of nitro benzene ring substituents is 1. The van der Waals surface area contributed by atoms with E-state index in [2.05, 4.69) is 48.4 Å². The Hall–Kier alpha value is -3.42. The molecule has 0 unspecified atom stereocenters. The van der Waals surface area contributed by atoms with Crippen molar-refractivity contribution < 1.29 is 9.72 Å². The first-order valence-electron chi connectivity index (χ1n) is 11.2. The van der Waals surface area contributed by atoms with Gasteiger partial charge in [-0.2, -0.15) is 5.10 Å². The zero-order valence-corrected chi connectivity index (χ0v) is 20.4. The second-order valence-electron chi connectivity index (χ2n) is 9.14. The van der Waals surface area contributed by atoms with Crippen LogP contribution < -0.4 is 15.6 Å². The number of non-ortho nitro benzene ring substituents is 1. The Morgan fingerprint density at radius 2 is 1.73 bits per heavy atom. The van der Waals surface area contributed by atoms with Crippen LogP contribution in [-0.2, 0) is 4.79 Å². The third-order valence-corrected chi connectivity index (χ3v) is 5.09. The van der Waals surface area contributed by atoms with E-state index in [1.54, 1.807) is 6.07 Å². The molecule has 0 heterocycles. The van der Waals surface area contributed by atoms with Gasteiger partial charge in [0.1, 0.15) is 0 Å². The van der Waals surface area contributed by atoms with Crippen LogP contribution in [0.2, 0.25) is 0 Å². The summed E-state index contributed by atoms with van der Waals surface area (Å²) in [5.74, 6) is 0.525. The molecular formula is C25H35N5O3. The van der Waals surface area contributed by atoms with Gasteiger partial charge >= 0.3 is 0 Å². The van der Waals surface area contributed by atoms with Gasteiger partial charge in [-0.1, -0.05) is 33.8 Å². The molecule has 0 aliphatic heterocycles. The largest absolute Gasteiger partial charge is 0.376 e. The first-order chi connectivity index (χ1) is 15.6. The monoisotopic (exact) mass is 453 g/mol. The van der Waals surface area contributed by atoms with E-state index in [4.69, 9.17) is 0 Å². The number of hydrazone groups is 1. The number of rotatable bonds is 11.